The Morgan fingerprint density at radius 2 is 2.22 bits per heavy atom. The summed E-state index contributed by atoms with van der Waals surface area (Å²) in [5, 5.41) is 11.4. The lowest BCUT2D eigenvalue weighted by Crippen LogP contribution is -2.21. The molecule has 0 spiro atoms. The molecule has 0 saturated carbocycles. The van der Waals surface area contributed by atoms with Gasteiger partial charge in [0, 0.05) is 0 Å². The third-order valence-corrected chi connectivity index (χ3v) is 2.41. The summed E-state index contributed by atoms with van der Waals surface area (Å²) in [4.78, 5) is 22.4. The van der Waals surface area contributed by atoms with E-state index in [1.807, 2.05) is 0 Å². The van der Waals surface area contributed by atoms with Gasteiger partial charge >= 0.3 is 5.97 Å². The van der Waals surface area contributed by atoms with Crippen molar-refractivity contribution >= 4 is 11.9 Å². The fraction of sp³-hybridized carbons (Fsp3) is 0.167. The van der Waals surface area contributed by atoms with Gasteiger partial charge in [-0.3, -0.25) is 4.79 Å². The molecular weight excluding hydrogens is 238 g/mol. The Kier molecular flexibility index (Phi) is 3.18. The standard InChI is InChI=1S/C12H11NO5/c1-7-10(12(15)16)4-9(18-7)5-13-11(14)8-2-3-17-6-8/h2-4,6H,5H2,1H3,(H,13,14)(H,15,16). The molecule has 2 rings (SSSR count). The van der Waals surface area contributed by atoms with Gasteiger partial charge in [0.05, 0.1) is 18.4 Å². The van der Waals surface area contributed by atoms with Crippen LogP contribution >= 0.6 is 0 Å². The monoisotopic (exact) mass is 249 g/mol. The largest absolute Gasteiger partial charge is 0.478 e. The highest BCUT2D eigenvalue weighted by Crippen LogP contribution is 2.14. The first-order valence-electron chi connectivity index (χ1n) is 5.21. The van der Waals surface area contributed by atoms with Gasteiger partial charge in [-0.1, -0.05) is 0 Å². The third kappa shape index (κ3) is 2.42. The molecule has 2 aromatic rings. The Labute approximate surface area is 102 Å². The Bertz CT molecular complexity index is 567. The van der Waals surface area contributed by atoms with Crippen LogP contribution in [-0.4, -0.2) is 17.0 Å². The second-order valence-corrected chi connectivity index (χ2v) is 3.68. The van der Waals surface area contributed by atoms with E-state index in [0.29, 0.717) is 17.1 Å². The van der Waals surface area contributed by atoms with Crippen molar-refractivity contribution < 1.29 is 23.5 Å². The summed E-state index contributed by atoms with van der Waals surface area (Å²) >= 11 is 0. The Morgan fingerprint density at radius 1 is 1.44 bits per heavy atom. The summed E-state index contributed by atoms with van der Waals surface area (Å²) in [6.45, 7) is 1.68. The zero-order valence-corrected chi connectivity index (χ0v) is 9.60. The first kappa shape index (κ1) is 12.0. The lowest BCUT2D eigenvalue weighted by atomic mass is 10.2. The van der Waals surface area contributed by atoms with E-state index in [9.17, 15) is 9.59 Å². The Hall–Kier alpha value is -2.50. The first-order valence-corrected chi connectivity index (χ1v) is 5.21. The number of hydrogen-bond acceptors (Lipinski definition) is 4. The molecule has 0 fully saturated rings. The lowest BCUT2D eigenvalue weighted by molar-refractivity contribution is 0.0694. The second kappa shape index (κ2) is 4.79. The van der Waals surface area contributed by atoms with Gasteiger partial charge in [0.15, 0.2) is 0 Å². The molecule has 6 heteroatoms. The van der Waals surface area contributed by atoms with Crippen LogP contribution in [0.4, 0.5) is 0 Å². The average Bonchev–Trinajstić information content (AvgIpc) is 2.94. The summed E-state index contributed by atoms with van der Waals surface area (Å²) in [5.74, 6) is -0.657. The molecule has 1 amide bonds. The van der Waals surface area contributed by atoms with Crippen LogP contribution in [0.1, 0.15) is 32.2 Å². The number of amides is 1. The topological polar surface area (TPSA) is 92.7 Å². The van der Waals surface area contributed by atoms with Crippen molar-refractivity contribution in [2.45, 2.75) is 13.5 Å². The number of furan rings is 2. The number of nitrogens with one attached hydrogen (secondary N) is 1. The van der Waals surface area contributed by atoms with E-state index in [2.05, 4.69) is 5.32 Å². The second-order valence-electron chi connectivity index (χ2n) is 3.68. The summed E-state index contributed by atoms with van der Waals surface area (Å²) < 4.78 is 10.0. The molecule has 94 valence electrons. The van der Waals surface area contributed by atoms with Gasteiger partial charge in [0.25, 0.3) is 5.91 Å². The summed E-state index contributed by atoms with van der Waals surface area (Å²) in [6, 6.07) is 2.93. The van der Waals surface area contributed by atoms with Crippen LogP contribution in [-0.2, 0) is 6.54 Å². The van der Waals surface area contributed by atoms with Crippen molar-refractivity contribution in [3.8, 4) is 0 Å². The highest BCUT2D eigenvalue weighted by Gasteiger charge is 2.14. The zero-order chi connectivity index (χ0) is 13.1. The minimum Gasteiger partial charge on any atom is -0.478 e. The number of hydrogen-bond donors (Lipinski definition) is 2. The van der Waals surface area contributed by atoms with Gasteiger partial charge < -0.3 is 19.3 Å². The number of carboxylic acids is 1. The quantitative estimate of drug-likeness (QED) is 0.861. The van der Waals surface area contributed by atoms with E-state index in [4.69, 9.17) is 13.9 Å². The van der Waals surface area contributed by atoms with E-state index >= 15 is 0 Å². The SMILES string of the molecule is Cc1oc(CNC(=O)c2ccoc2)cc1C(=O)O. The van der Waals surface area contributed by atoms with E-state index in [1.165, 1.54) is 24.7 Å². The molecule has 6 nitrogen and oxygen atoms in total. The van der Waals surface area contributed by atoms with Crippen LogP contribution in [0.15, 0.2) is 33.5 Å². The van der Waals surface area contributed by atoms with Crippen LogP contribution in [0.2, 0.25) is 0 Å². The third-order valence-electron chi connectivity index (χ3n) is 2.41. The molecule has 0 radical (unpaired) electrons. The van der Waals surface area contributed by atoms with Crippen molar-refractivity contribution in [3.05, 3.63) is 47.3 Å². The lowest BCUT2D eigenvalue weighted by Gasteiger charge is -1.99. The summed E-state index contributed by atoms with van der Waals surface area (Å²) in [6.07, 6.45) is 2.72. The van der Waals surface area contributed by atoms with E-state index < -0.39 is 5.97 Å². The normalized spacial score (nSPS) is 10.3. The van der Waals surface area contributed by atoms with Gasteiger partial charge in [-0.15, -0.1) is 0 Å². The highest BCUT2D eigenvalue weighted by molar-refractivity contribution is 5.93. The molecule has 2 heterocycles. The van der Waals surface area contributed by atoms with Crippen molar-refractivity contribution in [1.29, 1.82) is 0 Å². The molecule has 18 heavy (non-hydrogen) atoms. The minimum atomic E-state index is -1.05. The number of carbonyl (C=O) groups is 2. The molecule has 0 aliphatic carbocycles. The van der Waals surface area contributed by atoms with Crippen LogP contribution in [0.5, 0.6) is 0 Å². The maximum Gasteiger partial charge on any atom is 0.339 e. The molecule has 0 aromatic carbocycles. The number of carbonyl (C=O) groups excluding carboxylic acids is 1. The van der Waals surface area contributed by atoms with E-state index in [0.717, 1.165) is 0 Å². The van der Waals surface area contributed by atoms with Crippen molar-refractivity contribution in [2.75, 3.05) is 0 Å². The number of rotatable bonds is 4. The predicted octanol–water partition coefficient (Wildman–Crippen LogP) is 1.81. The van der Waals surface area contributed by atoms with E-state index in [-0.39, 0.29) is 18.0 Å². The Balaban J connectivity index is 2.01. The predicted molar refractivity (Wildman–Crippen MR) is 60.3 cm³/mol. The molecule has 0 bridgehead atoms. The summed E-state index contributed by atoms with van der Waals surface area (Å²) in [7, 11) is 0. The average molecular weight is 249 g/mol. The molecule has 2 aromatic heterocycles. The highest BCUT2D eigenvalue weighted by atomic mass is 16.4. The Morgan fingerprint density at radius 3 is 2.78 bits per heavy atom. The van der Waals surface area contributed by atoms with E-state index in [1.54, 1.807) is 6.92 Å². The molecule has 2 N–H and O–H groups in total. The maximum absolute atomic E-state index is 11.6. The maximum atomic E-state index is 11.6. The molecule has 0 aliphatic heterocycles. The number of aromatic carboxylic acids is 1. The first-order chi connectivity index (χ1) is 8.58. The van der Waals surface area contributed by atoms with Gasteiger partial charge in [0.2, 0.25) is 0 Å². The number of carboxylic acid groups (broad SMARTS) is 1. The fourth-order valence-electron chi connectivity index (χ4n) is 1.51. The van der Waals surface area contributed by atoms with Crippen molar-refractivity contribution in [1.82, 2.24) is 5.32 Å². The van der Waals surface area contributed by atoms with Crippen molar-refractivity contribution in [3.63, 3.8) is 0 Å². The van der Waals surface area contributed by atoms with Gasteiger partial charge in [-0.05, 0) is 19.1 Å². The molecule has 0 unspecified atom stereocenters. The van der Waals surface area contributed by atoms with Crippen molar-refractivity contribution in [2.24, 2.45) is 0 Å². The molecule has 0 aliphatic rings. The van der Waals surface area contributed by atoms with Crippen LogP contribution in [0.25, 0.3) is 0 Å². The molecule has 0 atom stereocenters. The molecular formula is C12H11NO5. The fourth-order valence-corrected chi connectivity index (χ4v) is 1.51. The van der Waals surface area contributed by atoms with Crippen LogP contribution < -0.4 is 5.32 Å². The molecule has 0 saturated heterocycles. The van der Waals surface area contributed by atoms with Gasteiger partial charge in [-0.25, -0.2) is 4.79 Å². The smallest absolute Gasteiger partial charge is 0.339 e. The minimum absolute atomic E-state index is 0.0996. The van der Waals surface area contributed by atoms with Crippen LogP contribution in [0, 0.1) is 6.92 Å². The number of aryl methyl sites for hydroxylation is 1. The van der Waals surface area contributed by atoms with Gasteiger partial charge in [-0.2, -0.15) is 0 Å². The van der Waals surface area contributed by atoms with Gasteiger partial charge in [0.1, 0.15) is 23.3 Å². The zero-order valence-electron chi connectivity index (χ0n) is 9.60. The summed E-state index contributed by atoms with van der Waals surface area (Å²) in [5.41, 5.74) is 0.499. The van der Waals surface area contributed by atoms with Crippen LogP contribution in [0.3, 0.4) is 0 Å².